The summed E-state index contributed by atoms with van der Waals surface area (Å²) in [5.74, 6) is -1.79. The van der Waals surface area contributed by atoms with Crippen LogP contribution in [0.3, 0.4) is 0 Å². The number of primary amides is 1. The quantitative estimate of drug-likeness (QED) is 0.555. The highest BCUT2D eigenvalue weighted by Gasteiger charge is 2.10. The van der Waals surface area contributed by atoms with Gasteiger partial charge in [-0.3, -0.25) is 9.59 Å². The molecule has 6 heteroatoms. The number of carbonyl (C=O) groups is 2. The highest BCUT2D eigenvalue weighted by molar-refractivity contribution is 5.94. The van der Waals surface area contributed by atoms with Crippen LogP contribution in [0, 0.1) is 5.95 Å². The van der Waals surface area contributed by atoms with E-state index in [2.05, 4.69) is 10.3 Å². The Kier molecular flexibility index (Phi) is 4.38. The van der Waals surface area contributed by atoms with Crippen molar-refractivity contribution in [2.75, 3.05) is 6.54 Å². The summed E-state index contributed by atoms with van der Waals surface area (Å²) in [5, 5.41) is 2.47. The van der Waals surface area contributed by atoms with Crippen LogP contribution in [0.15, 0.2) is 18.3 Å². The molecule has 86 valence electrons. The molecule has 0 bridgehead atoms. The molecule has 0 aliphatic heterocycles. The number of amides is 2. The van der Waals surface area contributed by atoms with Crippen LogP contribution in [0.1, 0.15) is 23.2 Å². The van der Waals surface area contributed by atoms with E-state index < -0.39 is 17.8 Å². The average molecular weight is 225 g/mol. The molecule has 16 heavy (non-hydrogen) atoms. The lowest BCUT2D eigenvalue weighted by molar-refractivity contribution is -0.118. The number of nitrogens with one attached hydrogen (secondary N) is 1. The highest BCUT2D eigenvalue weighted by atomic mass is 19.1. The molecule has 5 nitrogen and oxygen atoms in total. The third kappa shape index (κ3) is 3.64. The van der Waals surface area contributed by atoms with E-state index >= 15 is 0 Å². The lowest BCUT2D eigenvalue weighted by Gasteiger charge is -2.04. The highest BCUT2D eigenvalue weighted by Crippen LogP contribution is 2.02. The Bertz CT molecular complexity index is 395. The maximum Gasteiger partial charge on any atom is 0.255 e. The predicted molar refractivity (Wildman–Crippen MR) is 55.0 cm³/mol. The Labute approximate surface area is 91.9 Å². The second-order valence-corrected chi connectivity index (χ2v) is 3.17. The van der Waals surface area contributed by atoms with Crippen LogP contribution in [0.25, 0.3) is 0 Å². The summed E-state index contributed by atoms with van der Waals surface area (Å²) in [6.07, 6.45) is 1.89. The van der Waals surface area contributed by atoms with Gasteiger partial charge in [0.15, 0.2) is 0 Å². The van der Waals surface area contributed by atoms with Gasteiger partial charge < -0.3 is 11.1 Å². The van der Waals surface area contributed by atoms with Crippen LogP contribution >= 0.6 is 0 Å². The standard InChI is InChI=1S/C10H12FN3O2/c11-9-7(3-1-5-13-9)10(16)14-6-2-4-8(12)15/h1,3,5H,2,4,6H2,(H2,12,15)(H,14,16). The van der Waals surface area contributed by atoms with Gasteiger partial charge in [0.2, 0.25) is 11.9 Å². The number of carbonyl (C=O) groups excluding carboxylic acids is 2. The SMILES string of the molecule is NC(=O)CCCNC(=O)c1cccnc1F. The minimum absolute atomic E-state index is 0.110. The van der Waals surface area contributed by atoms with Crippen molar-refractivity contribution < 1.29 is 14.0 Å². The average Bonchev–Trinajstić information content (AvgIpc) is 2.24. The van der Waals surface area contributed by atoms with Gasteiger partial charge in [0.05, 0.1) is 5.56 Å². The first-order valence-electron chi connectivity index (χ1n) is 4.78. The molecule has 1 aromatic heterocycles. The summed E-state index contributed by atoms with van der Waals surface area (Å²) in [6, 6.07) is 2.81. The van der Waals surface area contributed by atoms with Crippen molar-refractivity contribution in [2.45, 2.75) is 12.8 Å². The van der Waals surface area contributed by atoms with Crippen LogP contribution in [-0.4, -0.2) is 23.3 Å². The van der Waals surface area contributed by atoms with Gasteiger partial charge in [-0.1, -0.05) is 0 Å². The Balaban J connectivity index is 2.41. The number of pyridine rings is 1. The smallest absolute Gasteiger partial charge is 0.255 e. The third-order valence-electron chi connectivity index (χ3n) is 1.89. The topological polar surface area (TPSA) is 85.1 Å². The molecule has 0 saturated carbocycles. The number of hydrogen-bond donors (Lipinski definition) is 2. The van der Waals surface area contributed by atoms with Crippen LogP contribution in [0.5, 0.6) is 0 Å². The van der Waals surface area contributed by atoms with Crippen LogP contribution in [0.2, 0.25) is 0 Å². The van der Waals surface area contributed by atoms with E-state index in [-0.39, 0.29) is 18.5 Å². The Morgan fingerprint density at radius 2 is 2.25 bits per heavy atom. The zero-order valence-electron chi connectivity index (χ0n) is 8.57. The molecule has 0 aliphatic rings. The van der Waals surface area contributed by atoms with Crippen molar-refractivity contribution in [3.8, 4) is 0 Å². The largest absolute Gasteiger partial charge is 0.370 e. The number of halogens is 1. The summed E-state index contributed by atoms with van der Waals surface area (Å²) in [7, 11) is 0. The minimum Gasteiger partial charge on any atom is -0.370 e. The predicted octanol–water partition coefficient (Wildman–Crippen LogP) is 0.216. The fourth-order valence-corrected chi connectivity index (χ4v) is 1.12. The molecular weight excluding hydrogens is 213 g/mol. The molecule has 0 aromatic carbocycles. The van der Waals surface area contributed by atoms with E-state index in [0.29, 0.717) is 6.42 Å². The zero-order chi connectivity index (χ0) is 12.0. The van der Waals surface area contributed by atoms with E-state index in [1.165, 1.54) is 18.3 Å². The maximum atomic E-state index is 13.0. The van der Waals surface area contributed by atoms with Crippen LogP contribution < -0.4 is 11.1 Å². The minimum atomic E-state index is -0.810. The molecule has 0 fully saturated rings. The monoisotopic (exact) mass is 225 g/mol. The molecule has 3 N–H and O–H groups in total. The van der Waals surface area contributed by atoms with Crippen molar-refractivity contribution in [1.82, 2.24) is 10.3 Å². The van der Waals surface area contributed by atoms with Gasteiger partial charge in [0, 0.05) is 19.2 Å². The fourth-order valence-electron chi connectivity index (χ4n) is 1.12. The Hall–Kier alpha value is -1.98. The number of hydrogen-bond acceptors (Lipinski definition) is 3. The van der Waals surface area contributed by atoms with Crippen LogP contribution in [0.4, 0.5) is 4.39 Å². The van der Waals surface area contributed by atoms with Crippen molar-refractivity contribution in [3.05, 3.63) is 29.8 Å². The Morgan fingerprint density at radius 3 is 2.88 bits per heavy atom. The molecule has 1 aromatic rings. The molecule has 1 rings (SSSR count). The molecule has 1 heterocycles. The van der Waals surface area contributed by atoms with Crippen molar-refractivity contribution in [3.63, 3.8) is 0 Å². The first-order valence-corrected chi connectivity index (χ1v) is 4.78. The second-order valence-electron chi connectivity index (χ2n) is 3.17. The molecule has 0 radical (unpaired) electrons. The third-order valence-corrected chi connectivity index (χ3v) is 1.89. The van der Waals surface area contributed by atoms with Gasteiger partial charge in [-0.15, -0.1) is 0 Å². The van der Waals surface area contributed by atoms with Gasteiger partial charge in [-0.2, -0.15) is 4.39 Å². The first-order chi connectivity index (χ1) is 7.61. The van der Waals surface area contributed by atoms with E-state index in [1.54, 1.807) is 0 Å². The molecule has 0 atom stereocenters. The number of aromatic nitrogens is 1. The molecule has 0 unspecified atom stereocenters. The zero-order valence-corrected chi connectivity index (χ0v) is 8.57. The lowest BCUT2D eigenvalue weighted by Crippen LogP contribution is -2.26. The molecule has 0 spiro atoms. The van der Waals surface area contributed by atoms with Gasteiger partial charge in [-0.05, 0) is 18.6 Å². The lowest BCUT2D eigenvalue weighted by atomic mass is 10.2. The van der Waals surface area contributed by atoms with Gasteiger partial charge in [0.25, 0.3) is 5.91 Å². The summed E-state index contributed by atoms with van der Waals surface area (Å²) < 4.78 is 13.0. The normalized spacial score (nSPS) is 9.81. The van der Waals surface area contributed by atoms with Crippen molar-refractivity contribution >= 4 is 11.8 Å². The van der Waals surface area contributed by atoms with E-state index in [9.17, 15) is 14.0 Å². The second kappa shape index (κ2) is 5.79. The maximum absolute atomic E-state index is 13.0. The fraction of sp³-hybridized carbons (Fsp3) is 0.300. The van der Waals surface area contributed by atoms with Gasteiger partial charge >= 0.3 is 0 Å². The molecule has 2 amide bonds. The number of rotatable bonds is 5. The summed E-state index contributed by atoms with van der Waals surface area (Å²) >= 11 is 0. The summed E-state index contributed by atoms with van der Waals surface area (Å²) in [4.78, 5) is 25.2. The number of nitrogens with two attached hydrogens (primary N) is 1. The van der Waals surface area contributed by atoms with Crippen molar-refractivity contribution in [1.29, 1.82) is 0 Å². The first kappa shape index (κ1) is 12.1. The number of nitrogens with zero attached hydrogens (tertiary/aromatic N) is 1. The van der Waals surface area contributed by atoms with E-state index in [1.807, 2.05) is 0 Å². The van der Waals surface area contributed by atoms with Crippen LogP contribution in [-0.2, 0) is 4.79 Å². The molecular formula is C10H12FN3O2. The van der Waals surface area contributed by atoms with Gasteiger partial charge in [-0.25, -0.2) is 4.98 Å². The summed E-state index contributed by atoms with van der Waals surface area (Å²) in [5.41, 5.74) is 4.81. The van der Waals surface area contributed by atoms with Crippen molar-refractivity contribution in [2.24, 2.45) is 5.73 Å². The molecule has 0 aliphatic carbocycles. The van der Waals surface area contributed by atoms with E-state index in [0.717, 1.165) is 0 Å². The Morgan fingerprint density at radius 1 is 1.50 bits per heavy atom. The molecule has 0 saturated heterocycles. The van der Waals surface area contributed by atoms with Gasteiger partial charge in [0.1, 0.15) is 0 Å². The summed E-state index contributed by atoms with van der Waals surface area (Å²) in [6.45, 7) is 0.274. The van der Waals surface area contributed by atoms with E-state index in [4.69, 9.17) is 5.73 Å².